The number of carbonyl (C=O) groups excluding carboxylic acids is 4. The van der Waals surface area contributed by atoms with Gasteiger partial charge in [0.05, 0.1) is 5.70 Å². The van der Waals surface area contributed by atoms with Crippen LogP contribution in [0.25, 0.3) is 0 Å². The summed E-state index contributed by atoms with van der Waals surface area (Å²) >= 11 is 0. The molecule has 1 saturated heterocycles. The Morgan fingerprint density at radius 2 is 1.64 bits per heavy atom. The maximum absolute atomic E-state index is 12.5. The second kappa shape index (κ2) is 13.6. The molecule has 0 spiro atoms. The van der Waals surface area contributed by atoms with Crippen LogP contribution in [0.1, 0.15) is 39.5 Å². The molecule has 2 unspecified atom stereocenters. The van der Waals surface area contributed by atoms with Gasteiger partial charge in [0.15, 0.2) is 11.9 Å². The summed E-state index contributed by atoms with van der Waals surface area (Å²) in [6.45, 7) is 4.33. The second-order valence-electron chi connectivity index (χ2n) is 9.76. The van der Waals surface area contributed by atoms with Gasteiger partial charge in [0.25, 0.3) is 0 Å². The second-order valence-corrected chi connectivity index (χ2v) is 9.76. The van der Waals surface area contributed by atoms with E-state index >= 15 is 0 Å². The molecule has 3 atom stereocenters. The van der Waals surface area contributed by atoms with Gasteiger partial charge >= 0.3 is 0 Å². The number of ether oxygens (including phenoxy) is 1. The van der Waals surface area contributed by atoms with Crippen molar-refractivity contribution in [1.29, 1.82) is 0 Å². The van der Waals surface area contributed by atoms with Crippen molar-refractivity contribution in [3.05, 3.63) is 96.1 Å². The van der Waals surface area contributed by atoms with Crippen LogP contribution in [0.15, 0.2) is 96.1 Å². The van der Waals surface area contributed by atoms with Crippen LogP contribution in [-0.2, 0) is 23.9 Å². The van der Waals surface area contributed by atoms with E-state index in [0.29, 0.717) is 5.92 Å². The Morgan fingerprint density at radius 3 is 2.28 bits per heavy atom. The molecule has 39 heavy (non-hydrogen) atoms. The number of Topliss-reactive ketones (excluding diaryl/α,β-unsaturated/α-hetero) is 2. The SMILES string of the molecule is CC(C)CC/C=C/C=C/C=C/C(=O)NC1=C[C@@](O)(/C=C/C=C/C=C/C(=O)NC2=C(O)CCC2=O)C2OC2C1=O. The summed E-state index contributed by atoms with van der Waals surface area (Å²) in [5, 5.41) is 25.4. The number of amides is 2. The zero-order chi connectivity index (χ0) is 28.4. The van der Waals surface area contributed by atoms with Crippen molar-refractivity contribution in [2.24, 2.45) is 5.92 Å². The maximum Gasteiger partial charge on any atom is 0.248 e. The Kier molecular flexibility index (Phi) is 10.3. The minimum absolute atomic E-state index is 0.0484. The third-order valence-corrected chi connectivity index (χ3v) is 6.08. The summed E-state index contributed by atoms with van der Waals surface area (Å²) in [6.07, 6.45) is 21.1. The van der Waals surface area contributed by atoms with Gasteiger partial charge in [-0.05, 0) is 30.9 Å². The van der Waals surface area contributed by atoms with Gasteiger partial charge in [-0.3, -0.25) is 19.2 Å². The van der Waals surface area contributed by atoms with E-state index < -0.39 is 35.4 Å². The largest absolute Gasteiger partial charge is 0.510 e. The van der Waals surface area contributed by atoms with E-state index in [0.717, 1.165) is 12.8 Å². The Balaban J connectivity index is 1.52. The molecule has 1 aliphatic heterocycles. The number of nitrogens with one attached hydrogen (secondary N) is 2. The molecular weight excluding hydrogens is 500 g/mol. The van der Waals surface area contributed by atoms with Gasteiger partial charge in [0.2, 0.25) is 17.6 Å². The molecule has 4 N–H and O–H groups in total. The average molecular weight is 535 g/mol. The number of rotatable bonds is 12. The van der Waals surface area contributed by atoms with E-state index in [2.05, 4.69) is 30.6 Å². The zero-order valence-corrected chi connectivity index (χ0v) is 22.0. The summed E-state index contributed by atoms with van der Waals surface area (Å²) < 4.78 is 5.33. The van der Waals surface area contributed by atoms with Gasteiger partial charge in [-0.1, -0.05) is 68.5 Å². The van der Waals surface area contributed by atoms with Crippen molar-refractivity contribution in [3.8, 4) is 0 Å². The molecule has 1 fully saturated rings. The van der Waals surface area contributed by atoms with Gasteiger partial charge in [-0.2, -0.15) is 0 Å². The summed E-state index contributed by atoms with van der Waals surface area (Å²) in [5.74, 6) is -1.28. The van der Waals surface area contributed by atoms with Crippen LogP contribution in [0.2, 0.25) is 0 Å². The van der Waals surface area contributed by atoms with E-state index in [-0.39, 0.29) is 35.8 Å². The lowest BCUT2D eigenvalue weighted by Crippen LogP contribution is -2.42. The summed E-state index contributed by atoms with van der Waals surface area (Å²) in [5.41, 5.74) is -1.73. The van der Waals surface area contributed by atoms with Crippen LogP contribution in [0, 0.1) is 5.92 Å². The van der Waals surface area contributed by atoms with Crippen molar-refractivity contribution in [1.82, 2.24) is 10.6 Å². The van der Waals surface area contributed by atoms with Gasteiger partial charge < -0.3 is 25.6 Å². The lowest BCUT2D eigenvalue weighted by Gasteiger charge is -2.23. The van der Waals surface area contributed by atoms with Crippen molar-refractivity contribution < 1.29 is 34.1 Å². The Bertz CT molecular complexity index is 1230. The topological polar surface area (TPSA) is 145 Å². The Labute approximate surface area is 227 Å². The highest BCUT2D eigenvalue weighted by Gasteiger charge is 2.59. The fourth-order valence-electron chi connectivity index (χ4n) is 3.92. The Hall–Kier alpha value is -4.08. The molecular formula is C30H34N2O7. The predicted octanol–water partition coefficient (Wildman–Crippen LogP) is 3.09. The summed E-state index contributed by atoms with van der Waals surface area (Å²) in [6, 6.07) is 0. The Morgan fingerprint density at radius 1 is 1.00 bits per heavy atom. The van der Waals surface area contributed by atoms with Gasteiger partial charge in [0, 0.05) is 25.0 Å². The number of allylic oxidation sites excluding steroid dienone is 11. The lowest BCUT2D eigenvalue weighted by molar-refractivity contribution is -0.121. The molecule has 3 aliphatic rings. The highest BCUT2D eigenvalue weighted by Crippen LogP contribution is 2.40. The third-order valence-electron chi connectivity index (χ3n) is 6.08. The molecule has 0 bridgehead atoms. The van der Waals surface area contributed by atoms with Crippen LogP contribution in [0.3, 0.4) is 0 Å². The molecule has 0 aromatic rings. The average Bonchev–Trinajstić information content (AvgIpc) is 3.64. The van der Waals surface area contributed by atoms with E-state index in [9.17, 15) is 29.4 Å². The normalized spacial score (nSPS) is 25.4. The van der Waals surface area contributed by atoms with Gasteiger partial charge in [-0.25, -0.2) is 0 Å². The van der Waals surface area contributed by atoms with E-state index in [1.165, 1.54) is 42.5 Å². The molecule has 2 amide bonds. The minimum Gasteiger partial charge on any atom is -0.510 e. The third kappa shape index (κ3) is 8.73. The number of aliphatic hydroxyl groups excluding tert-OH is 1. The van der Waals surface area contributed by atoms with Crippen LogP contribution in [0.5, 0.6) is 0 Å². The number of carbonyl (C=O) groups is 4. The molecule has 2 aliphatic carbocycles. The molecule has 9 nitrogen and oxygen atoms in total. The smallest absolute Gasteiger partial charge is 0.248 e. The number of aliphatic hydroxyl groups is 2. The van der Waals surface area contributed by atoms with Gasteiger partial charge in [-0.15, -0.1) is 0 Å². The van der Waals surface area contributed by atoms with Crippen molar-refractivity contribution in [3.63, 3.8) is 0 Å². The predicted molar refractivity (Wildman–Crippen MR) is 146 cm³/mol. The molecule has 0 aromatic heterocycles. The summed E-state index contributed by atoms with van der Waals surface area (Å²) in [7, 11) is 0. The van der Waals surface area contributed by atoms with Crippen LogP contribution < -0.4 is 10.6 Å². The lowest BCUT2D eigenvalue weighted by atomic mass is 9.88. The molecule has 0 aromatic carbocycles. The van der Waals surface area contributed by atoms with Crippen molar-refractivity contribution in [2.75, 3.05) is 0 Å². The zero-order valence-electron chi connectivity index (χ0n) is 22.0. The number of epoxide rings is 1. The van der Waals surface area contributed by atoms with E-state index in [1.807, 2.05) is 12.2 Å². The molecule has 0 radical (unpaired) electrons. The maximum atomic E-state index is 12.5. The first-order chi connectivity index (χ1) is 18.6. The molecule has 9 heteroatoms. The van der Waals surface area contributed by atoms with E-state index in [1.54, 1.807) is 18.2 Å². The number of ketones is 2. The van der Waals surface area contributed by atoms with E-state index in [4.69, 9.17) is 4.74 Å². The van der Waals surface area contributed by atoms with Crippen LogP contribution >= 0.6 is 0 Å². The summed E-state index contributed by atoms with van der Waals surface area (Å²) in [4.78, 5) is 48.2. The first kappa shape index (κ1) is 29.5. The number of fused-ring (bicyclic) bond motifs is 1. The first-order valence-electron chi connectivity index (χ1n) is 12.9. The van der Waals surface area contributed by atoms with Crippen molar-refractivity contribution >= 4 is 23.4 Å². The number of hydrogen-bond acceptors (Lipinski definition) is 7. The fraction of sp³-hybridized carbons (Fsp3) is 0.333. The van der Waals surface area contributed by atoms with Crippen LogP contribution in [-0.4, -0.2) is 51.4 Å². The fourth-order valence-corrected chi connectivity index (χ4v) is 3.92. The van der Waals surface area contributed by atoms with Crippen molar-refractivity contribution in [2.45, 2.75) is 57.3 Å². The molecule has 0 saturated carbocycles. The highest BCUT2D eigenvalue weighted by atomic mass is 16.6. The first-order valence-corrected chi connectivity index (χ1v) is 12.9. The molecule has 3 rings (SSSR count). The molecule has 206 valence electrons. The van der Waals surface area contributed by atoms with Gasteiger partial charge in [0.1, 0.15) is 23.2 Å². The monoisotopic (exact) mass is 534 g/mol. The highest BCUT2D eigenvalue weighted by molar-refractivity contribution is 6.06. The minimum atomic E-state index is -1.61. The quantitative estimate of drug-likeness (QED) is 0.171. The standard InChI is InChI=1S/C30H34N2O7/c1-20(2)13-9-5-3-4-6-10-14-24(35)31-21-19-30(38,29-28(39-29)27(21)37)18-12-8-7-11-15-25(36)32-26-22(33)16-17-23(26)34/h3-8,10-12,14-15,18-20,28-29,33,38H,9,13,16-17H2,1-2H3,(H,31,35)(H,32,36)/b5-3+,6-4+,8-7+,14-10+,15-11+,18-12+/t28?,29?,30-/m0/s1. The number of hydrogen-bond donors (Lipinski definition) is 4. The molecule has 1 heterocycles. The van der Waals surface area contributed by atoms with Crippen LogP contribution in [0.4, 0.5) is 0 Å².